The molecule has 1 aliphatic rings. The van der Waals surface area contributed by atoms with Gasteiger partial charge in [0.25, 0.3) is 0 Å². The molecule has 2 heteroatoms. The Balaban J connectivity index is 1.79. The molecule has 0 heterocycles. The molecule has 0 amide bonds. The molecule has 20 heavy (non-hydrogen) atoms. The molecule has 1 aliphatic carbocycles. The van der Waals surface area contributed by atoms with Crippen molar-refractivity contribution in [2.45, 2.75) is 37.8 Å². The zero-order valence-corrected chi connectivity index (χ0v) is 12.1. The molecule has 2 aromatic carbocycles. The zero-order chi connectivity index (χ0) is 13.8. The van der Waals surface area contributed by atoms with Gasteiger partial charge in [-0.05, 0) is 36.2 Å². The van der Waals surface area contributed by atoms with E-state index in [1.807, 2.05) is 7.05 Å². The first-order chi connectivity index (χ1) is 9.88. The zero-order valence-electron chi connectivity index (χ0n) is 12.1. The molecule has 2 nitrogen and oxygen atoms in total. The van der Waals surface area contributed by atoms with Gasteiger partial charge in [-0.25, -0.2) is 0 Å². The smallest absolute Gasteiger partial charge is 0.0665 e. The topological polar surface area (TPSA) is 21.3 Å². The van der Waals surface area contributed by atoms with E-state index >= 15 is 0 Å². The minimum absolute atomic E-state index is 0.265. The van der Waals surface area contributed by atoms with Crippen molar-refractivity contribution in [1.29, 1.82) is 0 Å². The molecule has 3 rings (SSSR count). The first-order valence-electron chi connectivity index (χ1n) is 7.65. The Bertz CT molecular complexity index is 555. The van der Waals surface area contributed by atoms with Crippen LogP contribution >= 0.6 is 0 Å². The summed E-state index contributed by atoms with van der Waals surface area (Å²) in [5.41, 5.74) is 1.34. The van der Waals surface area contributed by atoms with Gasteiger partial charge in [0, 0.05) is 0 Å². The Morgan fingerprint density at radius 3 is 2.65 bits per heavy atom. The molecule has 106 valence electrons. The van der Waals surface area contributed by atoms with Crippen molar-refractivity contribution in [3.05, 3.63) is 48.0 Å². The van der Waals surface area contributed by atoms with E-state index in [4.69, 9.17) is 4.74 Å². The van der Waals surface area contributed by atoms with Gasteiger partial charge in [0.05, 0.1) is 18.8 Å². The van der Waals surface area contributed by atoms with Crippen molar-refractivity contribution >= 4 is 10.8 Å². The highest BCUT2D eigenvalue weighted by Crippen LogP contribution is 2.26. The summed E-state index contributed by atoms with van der Waals surface area (Å²) in [7, 11) is 2.02. The summed E-state index contributed by atoms with van der Waals surface area (Å²) in [6.07, 6.45) is 5.57. The second kappa shape index (κ2) is 6.38. The summed E-state index contributed by atoms with van der Waals surface area (Å²) < 4.78 is 6.10. The summed E-state index contributed by atoms with van der Waals surface area (Å²) in [6, 6.07) is 15.4. The van der Waals surface area contributed by atoms with E-state index in [0.29, 0.717) is 6.10 Å². The van der Waals surface area contributed by atoms with Gasteiger partial charge in [0.15, 0.2) is 0 Å². The number of hydrogen-bond donors (Lipinski definition) is 1. The van der Waals surface area contributed by atoms with E-state index in [2.05, 4.69) is 47.8 Å². The summed E-state index contributed by atoms with van der Waals surface area (Å²) in [6.45, 7) is 0.759. The molecule has 2 aromatic rings. The van der Waals surface area contributed by atoms with Gasteiger partial charge in [0.1, 0.15) is 0 Å². The molecule has 1 N–H and O–H groups in total. The van der Waals surface area contributed by atoms with Crippen LogP contribution in [0.2, 0.25) is 0 Å². The fourth-order valence-electron chi connectivity index (χ4n) is 3.17. The van der Waals surface area contributed by atoms with Crippen molar-refractivity contribution in [1.82, 2.24) is 5.32 Å². The van der Waals surface area contributed by atoms with Crippen LogP contribution < -0.4 is 5.32 Å². The highest BCUT2D eigenvalue weighted by atomic mass is 16.5. The number of ether oxygens (including phenoxy) is 1. The van der Waals surface area contributed by atoms with Gasteiger partial charge in [-0.3, -0.25) is 0 Å². The summed E-state index contributed by atoms with van der Waals surface area (Å²) in [4.78, 5) is 0. The Labute approximate surface area is 121 Å². The molecule has 1 atom stereocenters. The Morgan fingerprint density at radius 1 is 1.10 bits per heavy atom. The van der Waals surface area contributed by atoms with Crippen LogP contribution in [0.4, 0.5) is 0 Å². The van der Waals surface area contributed by atoms with Crippen LogP contribution in [0, 0.1) is 0 Å². The van der Waals surface area contributed by atoms with Crippen LogP contribution in [0.15, 0.2) is 42.5 Å². The first kappa shape index (κ1) is 13.6. The average Bonchev–Trinajstić information content (AvgIpc) is 3.01. The molecule has 0 spiro atoms. The van der Waals surface area contributed by atoms with Crippen molar-refractivity contribution in [2.75, 3.05) is 13.7 Å². The molecule has 1 unspecified atom stereocenters. The molecule has 0 saturated heterocycles. The predicted molar refractivity (Wildman–Crippen MR) is 84.0 cm³/mol. The lowest BCUT2D eigenvalue weighted by atomic mass is 9.99. The van der Waals surface area contributed by atoms with Gasteiger partial charge in [-0.2, -0.15) is 0 Å². The molecular formula is C18H23NO. The van der Waals surface area contributed by atoms with Gasteiger partial charge in [-0.1, -0.05) is 55.3 Å². The highest BCUT2D eigenvalue weighted by Gasteiger charge is 2.18. The lowest BCUT2D eigenvalue weighted by Crippen LogP contribution is -2.24. The largest absolute Gasteiger partial charge is 0.376 e. The van der Waals surface area contributed by atoms with Gasteiger partial charge >= 0.3 is 0 Å². The van der Waals surface area contributed by atoms with Crippen LogP contribution in [0.3, 0.4) is 0 Å². The highest BCUT2D eigenvalue weighted by molar-refractivity contribution is 5.86. The van der Waals surface area contributed by atoms with Crippen LogP contribution in [0.5, 0.6) is 0 Å². The fourth-order valence-corrected chi connectivity index (χ4v) is 3.17. The number of rotatable bonds is 5. The number of hydrogen-bond acceptors (Lipinski definition) is 2. The Hall–Kier alpha value is -1.38. The van der Waals surface area contributed by atoms with E-state index in [9.17, 15) is 0 Å². The maximum Gasteiger partial charge on any atom is 0.0665 e. The van der Waals surface area contributed by atoms with Crippen molar-refractivity contribution in [3.8, 4) is 0 Å². The fraction of sp³-hybridized carbons (Fsp3) is 0.444. The standard InChI is InChI=1S/C18H23NO/c1-19-18(13-20-15-9-3-4-10-15)17-12-6-8-14-7-2-5-11-16(14)17/h2,5-8,11-12,15,18-19H,3-4,9-10,13H2,1H3. The Morgan fingerprint density at radius 2 is 1.85 bits per heavy atom. The Kier molecular flexibility index (Phi) is 4.34. The van der Waals surface area contributed by atoms with Crippen molar-refractivity contribution < 1.29 is 4.74 Å². The van der Waals surface area contributed by atoms with Crippen LogP contribution in [-0.4, -0.2) is 19.8 Å². The molecule has 1 fully saturated rings. The quantitative estimate of drug-likeness (QED) is 0.884. The molecule has 0 radical (unpaired) electrons. The lowest BCUT2D eigenvalue weighted by molar-refractivity contribution is 0.0441. The van der Waals surface area contributed by atoms with Gasteiger partial charge < -0.3 is 10.1 Å². The summed E-state index contributed by atoms with van der Waals surface area (Å²) in [5, 5.41) is 6.03. The average molecular weight is 269 g/mol. The summed E-state index contributed by atoms with van der Waals surface area (Å²) >= 11 is 0. The minimum Gasteiger partial charge on any atom is -0.376 e. The van der Waals surface area contributed by atoms with Crippen LogP contribution in [0.1, 0.15) is 37.3 Å². The third-order valence-electron chi connectivity index (χ3n) is 4.35. The van der Waals surface area contributed by atoms with Crippen LogP contribution in [-0.2, 0) is 4.74 Å². The summed E-state index contributed by atoms with van der Waals surface area (Å²) in [5.74, 6) is 0. The number of likely N-dealkylation sites (N-methyl/N-ethyl adjacent to an activating group) is 1. The number of fused-ring (bicyclic) bond motifs is 1. The van der Waals surface area contributed by atoms with Gasteiger partial charge in [0.2, 0.25) is 0 Å². The SMILES string of the molecule is CNC(COC1CCCC1)c1cccc2ccccc12. The first-order valence-corrected chi connectivity index (χ1v) is 7.65. The third kappa shape index (κ3) is 2.87. The van der Waals surface area contributed by atoms with Crippen molar-refractivity contribution in [3.63, 3.8) is 0 Å². The maximum atomic E-state index is 6.10. The van der Waals surface area contributed by atoms with Crippen LogP contribution in [0.25, 0.3) is 10.8 Å². The van der Waals surface area contributed by atoms with Crippen molar-refractivity contribution in [2.24, 2.45) is 0 Å². The maximum absolute atomic E-state index is 6.10. The van der Waals surface area contributed by atoms with E-state index in [0.717, 1.165) is 6.61 Å². The molecular weight excluding hydrogens is 246 g/mol. The second-order valence-corrected chi connectivity index (χ2v) is 5.65. The van der Waals surface area contributed by atoms with E-state index in [1.165, 1.54) is 42.0 Å². The molecule has 0 bridgehead atoms. The van der Waals surface area contributed by atoms with E-state index < -0.39 is 0 Å². The number of benzene rings is 2. The van der Waals surface area contributed by atoms with E-state index in [1.54, 1.807) is 0 Å². The third-order valence-corrected chi connectivity index (χ3v) is 4.35. The monoisotopic (exact) mass is 269 g/mol. The molecule has 0 aromatic heterocycles. The minimum atomic E-state index is 0.265. The second-order valence-electron chi connectivity index (χ2n) is 5.65. The lowest BCUT2D eigenvalue weighted by Gasteiger charge is -2.21. The van der Waals surface area contributed by atoms with Gasteiger partial charge in [-0.15, -0.1) is 0 Å². The number of nitrogens with one attached hydrogen (secondary N) is 1. The molecule has 0 aliphatic heterocycles. The van der Waals surface area contributed by atoms with E-state index in [-0.39, 0.29) is 6.04 Å². The molecule has 1 saturated carbocycles. The predicted octanol–water partition coefficient (Wildman–Crippen LogP) is 4.06. The normalized spacial score (nSPS) is 17.6.